The lowest BCUT2D eigenvalue weighted by Gasteiger charge is -2.64. The maximum atomic E-state index is 10.1. The van der Waals surface area contributed by atoms with Gasteiger partial charge in [0.1, 0.15) is 0 Å². The van der Waals surface area contributed by atoms with Crippen LogP contribution in [0.3, 0.4) is 0 Å². The van der Waals surface area contributed by atoms with Crippen LogP contribution in [0.5, 0.6) is 0 Å². The highest BCUT2D eigenvalue weighted by atomic mass is 16.3. The van der Waals surface area contributed by atoms with Crippen LogP contribution < -0.4 is 0 Å². The summed E-state index contributed by atoms with van der Waals surface area (Å²) < 4.78 is 0. The minimum atomic E-state index is 0.153. The van der Waals surface area contributed by atoms with Crippen LogP contribution in [-0.2, 0) is 0 Å². The van der Waals surface area contributed by atoms with E-state index in [0.29, 0.717) is 35.9 Å². The molecular formula is C20H34O2. The Labute approximate surface area is 135 Å². The molecule has 4 aliphatic carbocycles. The van der Waals surface area contributed by atoms with E-state index in [0.717, 1.165) is 11.8 Å². The molecule has 0 heterocycles. The third-order valence-corrected chi connectivity index (χ3v) is 8.99. The zero-order chi connectivity index (χ0) is 15.6. The number of fused-ring (bicyclic) bond motifs is 3. The predicted octanol–water partition coefficient (Wildman–Crippen LogP) is 4.00. The number of rotatable bonds is 2. The number of aliphatic hydroxyl groups excluding tert-OH is 2. The predicted molar refractivity (Wildman–Crippen MR) is 88.3 cm³/mol. The van der Waals surface area contributed by atoms with E-state index < -0.39 is 0 Å². The molecule has 2 N–H and O–H groups in total. The quantitative estimate of drug-likeness (QED) is 0.809. The molecule has 0 radical (unpaired) electrons. The van der Waals surface area contributed by atoms with Crippen molar-refractivity contribution in [2.24, 2.45) is 39.9 Å². The normalized spacial score (nSPS) is 57.3. The molecule has 1 spiro atoms. The van der Waals surface area contributed by atoms with Crippen LogP contribution in [0, 0.1) is 39.9 Å². The van der Waals surface area contributed by atoms with Gasteiger partial charge in [0.25, 0.3) is 0 Å². The van der Waals surface area contributed by atoms with E-state index in [1.807, 2.05) is 0 Å². The molecule has 0 saturated heterocycles. The average Bonchev–Trinajstić information content (AvgIpc) is 2.77. The average molecular weight is 306 g/mol. The Morgan fingerprint density at radius 2 is 1.73 bits per heavy atom. The smallest absolute Gasteiger partial charge is 0.0487 e. The first kappa shape index (κ1) is 15.4. The summed E-state index contributed by atoms with van der Waals surface area (Å²) in [5.74, 6) is 2.93. The molecule has 2 bridgehead atoms. The molecule has 0 aromatic carbocycles. The van der Waals surface area contributed by atoms with Crippen LogP contribution in [0.25, 0.3) is 0 Å². The number of hydrogen-bond acceptors (Lipinski definition) is 2. The van der Waals surface area contributed by atoms with Gasteiger partial charge in [-0.15, -0.1) is 0 Å². The molecule has 2 nitrogen and oxygen atoms in total. The third-order valence-electron chi connectivity index (χ3n) is 8.99. The molecule has 0 aliphatic heterocycles. The summed E-state index contributed by atoms with van der Waals surface area (Å²) in [5.41, 5.74) is 1.12. The van der Waals surface area contributed by atoms with Crippen molar-refractivity contribution < 1.29 is 10.2 Å². The maximum Gasteiger partial charge on any atom is 0.0487 e. The lowest BCUT2D eigenvalue weighted by atomic mass is 9.41. The van der Waals surface area contributed by atoms with Crippen LogP contribution in [0.15, 0.2) is 0 Å². The van der Waals surface area contributed by atoms with E-state index in [9.17, 15) is 10.2 Å². The molecule has 7 atom stereocenters. The molecule has 4 rings (SSSR count). The van der Waals surface area contributed by atoms with Gasteiger partial charge in [0.2, 0.25) is 0 Å². The van der Waals surface area contributed by atoms with E-state index in [4.69, 9.17) is 0 Å². The Balaban J connectivity index is 1.69. The fourth-order valence-electron chi connectivity index (χ4n) is 8.13. The van der Waals surface area contributed by atoms with Crippen LogP contribution in [0.1, 0.15) is 71.6 Å². The van der Waals surface area contributed by atoms with Crippen molar-refractivity contribution in [3.05, 3.63) is 0 Å². The van der Waals surface area contributed by atoms with E-state index in [1.165, 1.54) is 57.8 Å². The molecule has 126 valence electrons. The highest BCUT2D eigenvalue weighted by molar-refractivity contribution is 5.13. The van der Waals surface area contributed by atoms with Crippen molar-refractivity contribution in [1.82, 2.24) is 0 Å². The standard InChI is InChI=1S/C20H34O2/c1-18(13-22)7-3-8-19(2)16(18)6-9-20-10-14(4-5-17(19)20)15(11-20)12-21/h14-17,21-22H,3-13H2,1-2H3/t14-,15-,16-,17+,18-,19-,20+/m0/s1. The monoisotopic (exact) mass is 306 g/mol. The van der Waals surface area contributed by atoms with Crippen LogP contribution in [0.2, 0.25) is 0 Å². The molecule has 0 amide bonds. The molecule has 0 unspecified atom stereocenters. The SMILES string of the molecule is C[C@@]1(CO)CCC[C@@]2(C)[C@H]1CC[C@@]13C[C@@H](CO)[C@@H](CC[C@@H]12)C3. The summed E-state index contributed by atoms with van der Waals surface area (Å²) in [7, 11) is 0. The van der Waals surface area contributed by atoms with Gasteiger partial charge in [-0.3, -0.25) is 0 Å². The summed E-state index contributed by atoms with van der Waals surface area (Å²) in [6.07, 6.45) is 12.0. The number of hydrogen-bond donors (Lipinski definition) is 2. The fraction of sp³-hybridized carbons (Fsp3) is 1.00. The zero-order valence-corrected chi connectivity index (χ0v) is 14.5. The highest BCUT2D eigenvalue weighted by Gasteiger charge is 2.64. The molecule has 4 fully saturated rings. The Hall–Kier alpha value is -0.0800. The lowest BCUT2D eigenvalue weighted by Crippen LogP contribution is -2.57. The van der Waals surface area contributed by atoms with Gasteiger partial charge in [0.05, 0.1) is 0 Å². The summed E-state index contributed by atoms with van der Waals surface area (Å²) in [5, 5.41) is 19.9. The molecule has 22 heavy (non-hydrogen) atoms. The van der Waals surface area contributed by atoms with Crippen LogP contribution in [-0.4, -0.2) is 23.4 Å². The summed E-state index contributed by atoms with van der Waals surface area (Å²) >= 11 is 0. The Kier molecular flexibility index (Phi) is 3.48. The second kappa shape index (κ2) is 4.96. The molecular weight excluding hydrogens is 272 g/mol. The minimum Gasteiger partial charge on any atom is -0.396 e. The van der Waals surface area contributed by atoms with Crippen molar-refractivity contribution in [2.75, 3.05) is 13.2 Å². The van der Waals surface area contributed by atoms with Gasteiger partial charge in [-0.05, 0) is 91.3 Å². The van der Waals surface area contributed by atoms with Crippen LogP contribution >= 0.6 is 0 Å². The first-order valence-electron chi connectivity index (χ1n) is 9.69. The van der Waals surface area contributed by atoms with Crippen molar-refractivity contribution in [1.29, 1.82) is 0 Å². The van der Waals surface area contributed by atoms with Crippen molar-refractivity contribution in [2.45, 2.75) is 71.6 Å². The van der Waals surface area contributed by atoms with Gasteiger partial charge in [-0.25, -0.2) is 0 Å². The molecule has 2 heteroatoms. The summed E-state index contributed by atoms with van der Waals surface area (Å²) in [4.78, 5) is 0. The fourth-order valence-corrected chi connectivity index (χ4v) is 8.13. The van der Waals surface area contributed by atoms with Gasteiger partial charge >= 0.3 is 0 Å². The highest BCUT2D eigenvalue weighted by Crippen LogP contribution is 2.72. The van der Waals surface area contributed by atoms with E-state index in [2.05, 4.69) is 13.8 Å². The van der Waals surface area contributed by atoms with Crippen molar-refractivity contribution >= 4 is 0 Å². The van der Waals surface area contributed by atoms with Crippen molar-refractivity contribution in [3.63, 3.8) is 0 Å². The number of aliphatic hydroxyl groups is 2. The van der Waals surface area contributed by atoms with E-state index in [-0.39, 0.29) is 5.41 Å². The first-order valence-corrected chi connectivity index (χ1v) is 9.69. The lowest BCUT2D eigenvalue weighted by molar-refractivity contribution is -0.159. The second-order valence-electron chi connectivity index (χ2n) is 9.87. The van der Waals surface area contributed by atoms with Gasteiger partial charge in [-0.2, -0.15) is 0 Å². The molecule has 0 aromatic heterocycles. The largest absolute Gasteiger partial charge is 0.396 e. The molecule has 0 aromatic rings. The molecule has 4 saturated carbocycles. The van der Waals surface area contributed by atoms with E-state index >= 15 is 0 Å². The zero-order valence-electron chi connectivity index (χ0n) is 14.5. The maximum absolute atomic E-state index is 10.1. The minimum absolute atomic E-state index is 0.153. The Bertz CT molecular complexity index is 449. The summed E-state index contributed by atoms with van der Waals surface area (Å²) in [6, 6.07) is 0. The van der Waals surface area contributed by atoms with Crippen molar-refractivity contribution in [3.8, 4) is 0 Å². The molecule has 4 aliphatic rings. The topological polar surface area (TPSA) is 40.5 Å². The first-order chi connectivity index (χ1) is 10.5. The van der Waals surface area contributed by atoms with Gasteiger partial charge in [0, 0.05) is 13.2 Å². The van der Waals surface area contributed by atoms with Crippen LogP contribution in [0.4, 0.5) is 0 Å². The van der Waals surface area contributed by atoms with Gasteiger partial charge in [0.15, 0.2) is 0 Å². The Morgan fingerprint density at radius 3 is 2.45 bits per heavy atom. The second-order valence-corrected chi connectivity index (χ2v) is 9.87. The summed E-state index contributed by atoms with van der Waals surface area (Å²) in [6.45, 7) is 5.70. The Morgan fingerprint density at radius 1 is 0.909 bits per heavy atom. The van der Waals surface area contributed by atoms with Gasteiger partial charge in [-0.1, -0.05) is 20.3 Å². The van der Waals surface area contributed by atoms with Gasteiger partial charge < -0.3 is 10.2 Å². The van der Waals surface area contributed by atoms with E-state index in [1.54, 1.807) is 0 Å². The third kappa shape index (κ3) is 1.86.